The number of carbonyl (C=O) groups is 2. The molecule has 1 amide bonds. The van der Waals surface area contributed by atoms with Crippen LogP contribution in [-0.2, 0) is 19.1 Å². The third-order valence-corrected chi connectivity index (χ3v) is 5.43. The van der Waals surface area contributed by atoms with Crippen LogP contribution in [0.3, 0.4) is 0 Å². The SMILES string of the molecule is CC(C)SC(C)(C)C(C)C(=O)CCOCCOCCNC(=O)C(C)C. The largest absolute Gasteiger partial charge is 0.379 e. The Hall–Kier alpha value is -0.590. The molecule has 0 aromatic heterocycles. The lowest BCUT2D eigenvalue weighted by Crippen LogP contribution is -2.33. The molecular weight excluding hydrogens is 338 g/mol. The Morgan fingerprint density at radius 1 is 0.960 bits per heavy atom. The summed E-state index contributed by atoms with van der Waals surface area (Å²) in [6.07, 6.45) is 0.438. The third kappa shape index (κ3) is 11.6. The fourth-order valence-corrected chi connectivity index (χ4v) is 3.81. The zero-order valence-electron chi connectivity index (χ0n) is 17.0. The first-order valence-corrected chi connectivity index (χ1v) is 10.1. The van der Waals surface area contributed by atoms with Gasteiger partial charge >= 0.3 is 0 Å². The van der Waals surface area contributed by atoms with Crippen molar-refractivity contribution in [3.8, 4) is 0 Å². The van der Waals surface area contributed by atoms with Crippen molar-refractivity contribution < 1.29 is 19.1 Å². The number of ether oxygens (including phenoxy) is 2. The van der Waals surface area contributed by atoms with Crippen LogP contribution in [0, 0.1) is 11.8 Å². The molecule has 0 heterocycles. The van der Waals surface area contributed by atoms with Gasteiger partial charge in [0.25, 0.3) is 0 Å². The first-order chi connectivity index (χ1) is 11.6. The zero-order valence-corrected chi connectivity index (χ0v) is 17.8. The van der Waals surface area contributed by atoms with Crippen molar-refractivity contribution in [3.05, 3.63) is 0 Å². The molecule has 0 radical (unpaired) electrons. The second-order valence-corrected chi connectivity index (χ2v) is 9.61. The van der Waals surface area contributed by atoms with Gasteiger partial charge in [-0.05, 0) is 5.25 Å². The number of amides is 1. The summed E-state index contributed by atoms with van der Waals surface area (Å²) < 4.78 is 10.8. The first kappa shape index (κ1) is 24.4. The molecule has 1 unspecified atom stereocenters. The normalized spacial score (nSPS) is 13.3. The van der Waals surface area contributed by atoms with Gasteiger partial charge in [0, 0.05) is 29.5 Å². The van der Waals surface area contributed by atoms with Crippen LogP contribution in [0.15, 0.2) is 0 Å². The van der Waals surface area contributed by atoms with Gasteiger partial charge in [0.05, 0.1) is 26.4 Å². The molecule has 0 aromatic rings. The van der Waals surface area contributed by atoms with Gasteiger partial charge in [-0.15, -0.1) is 0 Å². The summed E-state index contributed by atoms with van der Waals surface area (Å²) in [7, 11) is 0. The zero-order chi connectivity index (χ0) is 19.5. The maximum absolute atomic E-state index is 12.3. The van der Waals surface area contributed by atoms with Crippen molar-refractivity contribution in [1.29, 1.82) is 0 Å². The van der Waals surface area contributed by atoms with Gasteiger partial charge in [-0.1, -0.05) is 48.5 Å². The smallest absolute Gasteiger partial charge is 0.222 e. The lowest BCUT2D eigenvalue weighted by Gasteiger charge is -2.32. The second kappa shape index (κ2) is 12.7. The van der Waals surface area contributed by atoms with Gasteiger partial charge in [-0.25, -0.2) is 0 Å². The summed E-state index contributed by atoms with van der Waals surface area (Å²) in [5.41, 5.74) is 0. The number of thioether (sulfide) groups is 1. The molecule has 0 spiro atoms. The van der Waals surface area contributed by atoms with Crippen molar-refractivity contribution in [3.63, 3.8) is 0 Å². The minimum absolute atomic E-state index is 0.00400. The molecule has 0 fully saturated rings. The van der Waals surface area contributed by atoms with E-state index in [2.05, 4.69) is 33.0 Å². The number of Topliss-reactive ketones (excluding diaryl/α,β-unsaturated/α-hetero) is 1. The number of carbonyl (C=O) groups excluding carboxylic acids is 2. The van der Waals surface area contributed by atoms with E-state index in [1.54, 1.807) is 0 Å². The molecule has 0 aliphatic carbocycles. The maximum atomic E-state index is 12.3. The molecule has 1 N–H and O–H groups in total. The molecule has 0 rings (SSSR count). The quantitative estimate of drug-likeness (QED) is 0.472. The van der Waals surface area contributed by atoms with Crippen molar-refractivity contribution in [2.45, 2.75) is 64.9 Å². The van der Waals surface area contributed by atoms with Crippen LogP contribution in [-0.4, -0.2) is 54.7 Å². The van der Waals surface area contributed by atoms with E-state index in [0.29, 0.717) is 44.6 Å². The first-order valence-electron chi connectivity index (χ1n) is 9.21. The highest BCUT2D eigenvalue weighted by atomic mass is 32.2. The number of rotatable bonds is 14. The van der Waals surface area contributed by atoms with E-state index in [4.69, 9.17) is 9.47 Å². The Kier molecular flexibility index (Phi) is 12.4. The molecule has 5 nitrogen and oxygen atoms in total. The molecule has 148 valence electrons. The second-order valence-electron chi connectivity index (χ2n) is 7.38. The van der Waals surface area contributed by atoms with E-state index < -0.39 is 0 Å². The van der Waals surface area contributed by atoms with Crippen LogP contribution >= 0.6 is 11.8 Å². The lowest BCUT2D eigenvalue weighted by atomic mass is 9.91. The number of hydrogen-bond donors (Lipinski definition) is 1. The monoisotopic (exact) mass is 375 g/mol. The summed E-state index contributed by atoms with van der Waals surface area (Å²) in [6, 6.07) is 0. The van der Waals surface area contributed by atoms with Crippen molar-refractivity contribution in [1.82, 2.24) is 5.32 Å². The maximum Gasteiger partial charge on any atom is 0.222 e. The molecule has 0 saturated carbocycles. The van der Waals surface area contributed by atoms with Gasteiger partial charge in [0.2, 0.25) is 5.91 Å². The van der Waals surface area contributed by atoms with Gasteiger partial charge in [-0.2, -0.15) is 11.8 Å². The summed E-state index contributed by atoms with van der Waals surface area (Å²) >= 11 is 1.84. The van der Waals surface area contributed by atoms with Gasteiger partial charge in [0.15, 0.2) is 0 Å². The van der Waals surface area contributed by atoms with Crippen LogP contribution < -0.4 is 5.32 Å². The highest BCUT2D eigenvalue weighted by Gasteiger charge is 2.32. The number of hydrogen-bond acceptors (Lipinski definition) is 5. The Balaban J connectivity index is 3.71. The molecule has 1 atom stereocenters. The summed E-state index contributed by atoms with van der Waals surface area (Å²) in [5, 5.41) is 3.29. The Bertz CT molecular complexity index is 397. The predicted octanol–water partition coefficient (Wildman–Crippen LogP) is 3.31. The summed E-state index contributed by atoms with van der Waals surface area (Å²) in [6.45, 7) is 16.6. The molecular formula is C19H37NO4S. The Morgan fingerprint density at radius 3 is 2.04 bits per heavy atom. The fraction of sp³-hybridized carbons (Fsp3) is 0.895. The molecule has 0 bridgehead atoms. The number of nitrogens with one attached hydrogen (secondary N) is 1. The fourth-order valence-electron chi connectivity index (χ4n) is 2.26. The van der Waals surface area contributed by atoms with Crippen LogP contribution in [0.4, 0.5) is 0 Å². The van der Waals surface area contributed by atoms with Crippen LogP contribution in [0.5, 0.6) is 0 Å². The lowest BCUT2D eigenvalue weighted by molar-refractivity contribution is -0.124. The average Bonchev–Trinajstić information content (AvgIpc) is 2.50. The molecule has 0 saturated heterocycles. The third-order valence-electron chi connectivity index (χ3n) is 4.00. The van der Waals surface area contributed by atoms with Gasteiger partial charge in [-0.3, -0.25) is 9.59 Å². The van der Waals surface area contributed by atoms with Gasteiger partial charge < -0.3 is 14.8 Å². The minimum Gasteiger partial charge on any atom is -0.379 e. The van der Waals surface area contributed by atoms with Crippen molar-refractivity contribution >= 4 is 23.5 Å². The van der Waals surface area contributed by atoms with E-state index >= 15 is 0 Å². The predicted molar refractivity (Wildman–Crippen MR) is 105 cm³/mol. The van der Waals surface area contributed by atoms with E-state index in [0.717, 1.165) is 0 Å². The van der Waals surface area contributed by atoms with Gasteiger partial charge in [0.1, 0.15) is 5.78 Å². The van der Waals surface area contributed by atoms with E-state index in [-0.39, 0.29) is 28.3 Å². The summed E-state index contributed by atoms with van der Waals surface area (Å²) in [4.78, 5) is 23.6. The van der Waals surface area contributed by atoms with Crippen LogP contribution in [0.25, 0.3) is 0 Å². The van der Waals surface area contributed by atoms with Crippen LogP contribution in [0.2, 0.25) is 0 Å². The highest BCUT2D eigenvalue weighted by molar-refractivity contribution is 8.01. The standard InChI is InChI=1S/C19H37NO4S/c1-14(2)18(22)20-9-11-24-13-12-23-10-8-17(21)16(5)19(6,7)25-15(3)4/h14-16H,8-13H2,1-7H3,(H,20,22). The van der Waals surface area contributed by atoms with Crippen LogP contribution in [0.1, 0.15) is 54.9 Å². The van der Waals surface area contributed by atoms with E-state index in [9.17, 15) is 9.59 Å². The highest BCUT2D eigenvalue weighted by Crippen LogP contribution is 2.36. The Labute approximate surface area is 158 Å². The topological polar surface area (TPSA) is 64.6 Å². The van der Waals surface area contributed by atoms with Crippen molar-refractivity contribution in [2.24, 2.45) is 11.8 Å². The molecule has 0 aliphatic rings. The summed E-state index contributed by atoms with van der Waals surface area (Å²) in [5.74, 6) is 0.276. The van der Waals surface area contributed by atoms with E-state index in [1.165, 1.54) is 0 Å². The molecule has 25 heavy (non-hydrogen) atoms. The molecule has 0 aliphatic heterocycles. The molecule has 6 heteroatoms. The average molecular weight is 376 g/mol. The minimum atomic E-state index is -0.0607. The van der Waals surface area contributed by atoms with E-state index in [1.807, 2.05) is 32.5 Å². The van der Waals surface area contributed by atoms with Crippen molar-refractivity contribution in [2.75, 3.05) is 33.0 Å². The molecule has 0 aromatic carbocycles. The Morgan fingerprint density at radius 2 is 1.52 bits per heavy atom. The number of ketones is 1.